The van der Waals surface area contributed by atoms with Crippen molar-refractivity contribution < 1.29 is 9.90 Å². The number of rotatable bonds is 8. The summed E-state index contributed by atoms with van der Waals surface area (Å²) >= 11 is 1.85. The van der Waals surface area contributed by atoms with E-state index in [-0.39, 0.29) is 5.56 Å². The van der Waals surface area contributed by atoms with E-state index >= 15 is 0 Å². The zero-order chi connectivity index (χ0) is 13.4. The summed E-state index contributed by atoms with van der Waals surface area (Å²) in [5.74, 6) is 0.725. The van der Waals surface area contributed by atoms with E-state index in [4.69, 9.17) is 5.11 Å². The molecule has 0 atom stereocenters. The van der Waals surface area contributed by atoms with Gasteiger partial charge in [0.25, 0.3) is 0 Å². The summed E-state index contributed by atoms with van der Waals surface area (Å²) < 4.78 is 0. The van der Waals surface area contributed by atoms with E-state index in [1.807, 2.05) is 18.7 Å². The summed E-state index contributed by atoms with van der Waals surface area (Å²) in [5, 5.41) is 12.2. The Morgan fingerprint density at radius 1 is 1.39 bits per heavy atom. The quantitative estimate of drug-likeness (QED) is 0.710. The number of carboxylic acids is 1. The summed E-state index contributed by atoms with van der Waals surface area (Å²) in [6, 6.07) is 3.31. The summed E-state index contributed by atoms with van der Waals surface area (Å²) in [6.07, 6.45) is 5.50. The Morgan fingerprint density at radius 3 is 2.83 bits per heavy atom. The van der Waals surface area contributed by atoms with E-state index in [2.05, 4.69) is 16.6 Å². The first-order chi connectivity index (χ1) is 8.65. The van der Waals surface area contributed by atoms with Crippen molar-refractivity contribution in [1.82, 2.24) is 4.98 Å². The first kappa shape index (κ1) is 14.8. The van der Waals surface area contributed by atoms with Crippen LogP contribution in [0.25, 0.3) is 0 Å². The van der Waals surface area contributed by atoms with Crippen molar-refractivity contribution in [3.8, 4) is 0 Å². The van der Waals surface area contributed by atoms with Crippen LogP contribution >= 0.6 is 11.8 Å². The fourth-order valence-electron chi connectivity index (χ4n) is 1.62. The van der Waals surface area contributed by atoms with Crippen LogP contribution in [-0.2, 0) is 0 Å². The van der Waals surface area contributed by atoms with Crippen LogP contribution in [0.4, 0.5) is 5.82 Å². The normalized spacial score (nSPS) is 10.3. The summed E-state index contributed by atoms with van der Waals surface area (Å²) in [7, 11) is 0. The van der Waals surface area contributed by atoms with Gasteiger partial charge < -0.3 is 10.4 Å². The molecule has 5 heteroatoms. The van der Waals surface area contributed by atoms with Crippen molar-refractivity contribution >= 4 is 23.5 Å². The molecular formula is C13H20N2O2S. The number of hydrogen-bond donors (Lipinski definition) is 2. The number of thioether (sulfide) groups is 1. The highest BCUT2D eigenvalue weighted by Crippen LogP contribution is 2.13. The second kappa shape index (κ2) is 7.97. The highest BCUT2D eigenvalue weighted by Gasteiger charge is 2.10. The number of aromatic nitrogens is 1. The maximum absolute atomic E-state index is 11.0. The largest absolute Gasteiger partial charge is 0.478 e. The van der Waals surface area contributed by atoms with Gasteiger partial charge in [-0.1, -0.05) is 6.42 Å². The van der Waals surface area contributed by atoms with Gasteiger partial charge in [-0.2, -0.15) is 11.8 Å². The van der Waals surface area contributed by atoms with Crippen LogP contribution in [0.1, 0.15) is 35.3 Å². The molecule has 0 saturated carbocycles. The molecule has 1 rings (SSSR count). The Morgan fingerprint density at radius 2 is 2.17 bits per heavy atom. The molecule has 0 spiro atoms. The molecule has 100 valence electrons. The summed E-state index contributed by atoms with van der Waals surface area (Å²) in [6.45, 7) is 2.63. The molecule has 4 nitrogen and oxygen atoms in total. The van der Waals surface area contributed by atoms with E-state index < -0.39 is 5.97 Å². The number of aromatic carboxylic acids is 1. The lowest BCUT2D eigenvalue weighted by Crippen LogP contribution is -2.10. The Bertz CT molecular complexity index is 397. The lowest BCUT2D eigenvalue weighted by molar-refractivity contribution is 0.0697. The van der Waals surface area contributed by atoms with Crippen molar-refractivity contribution in [2.45, 2.75) is 26.2 Å². The minimum absolute atomic E-state index is 0.240. The molecule has 1 heterocycles. The maximum Gasteiger partial charge on any atom is 0.339 e. The molecule has 0 aromatic carbocycles. The minimum Gasteiger partial charge on any atom is -0.478 e. The zero-order valence-electron chi connectivity index (χ0n) is 10.9. The third-order valence-corrected chi connectivity index (χ3v) is 3.28. The van der Waals surface area contributed by atoms with Gasteiger partial charge >= 0.3 is 5.97 Å². The van der Waals surface area contributed by atoms with Gasteiger partial charge in [-0.05, 0) is 43.9 Å². The number of aryl methyl sites for hydroxylation is 1. The SMILES string of the molecule is CSCCCCCNc1nc(C)ccc1C(=O)O. The number of hydrogen-bond acceptors (Lipinski definition) is 4. The van der Waals surface area contributed by atoms with E-state index in [0.717, 1.165) is 25.1 Å². The van der Waals surface area contributed by atoms with E-state index in [0.29, 0.717) is 5.82 Å². The molecule has 0 aliphatic carbocycles. The second-order valence-corrected chi connectivity index (χ2v) is 5.12. The number of pyridine rings is 1. The molecule has 0 radical (unpaired) electrons. The summed E-state index contributed by atoms with van der Waals surface area (Å²) in [4.78, 5) is 15.3. The van der Waals surface area contributed by atoms with Crippen LogP contribution in [0.3, 0.4) is 0 Å². The Kier molecular flexibility index (Phi) is 6.57. The molecule has 0 unspecified atom stereocenters. The number of carboxylic acid groups (broad SMARTS) is 1. The number of nitrogens with one attached hydrogen (secondary N) is 1. The van der Waals surface area contributed by atoms with Crippen molar-refractivity contribution in [3.05, 3.63) is 23.4 Å². The highest BCUT2D eigenvalue weighted by atomic mass is 32.2. The van der Waals surface area contributed by atoms with Crippen molar-refractivity contribution in [2.24, 2.45) is 0 Å². The third kappa shape index (κ3) is 4.96. The minimum atomic E-state index is -0.938. The van der Waals surface area contributed by atoms with Gasteiger partial charge in [-0.25, -0.2) is 9.78 Å². The molecule has 2 N–H and O–H groups in total. The van der Waals surface area contributed by atoms with Crippen LogP contribution < -0.4 is 5.32 Å². The second-order valence-electron chi connectivity index (χ2n) is 4.13. The lowest BCUT2D eigenvalue weighted by Gasteiger charge is -2.09. The number of carbonyl (C=O) groups is 1. The first-order valence-electron chi connectivity index (χ1n) is 6.09. The fraction of sp³-hybridized carbons (Fsp3) is 0.538. The molecule has 18 heavy (non-hydrogen) atoms. The predicted molar refractivity (Wildman–Crippen MR) is 76.7 cm³/mol. The Hall–Kier alpha value is -1.23. The topological polar surface area (TPSA) is 62.2 Å². The van der Waals surface area contributed by atoms with Crippen LogP contribution in [0.5, 0.6) is 0 Å². The number of nitrogens with zero attached hydrogens (tertiary/aromatic N) is 1. The highest BCUT2D eigenvalue weighted by molar-refractivity contribution is 7.98. The van der Waals surface area contributed by atoms with Gasteiger partial charge in [0.2, 0.25) is 0 Å². The number of unbranched alkanes of at least 4 members (excludes halogenated alkanes) is 2. The average Bonchev–Trinajstić information content (AvgIpc) is 2.33. The maximum atomic E-state index is 11.0. The molecule has 1 aromatic heterocycles. The van der Waals surface area contributed by atoms with E-state index in [9.17, 15) is 4.79 Å². The van der Waals surface area contributed by atoms with Crippen molar-refractivity contribution in [3.63, 3.8) is 0 Å². The van der Waals surface area contributed by atoms with Gasteiger partial charge in [-0.15, -0.1) is 0 Å². The predicted octanol–water partition coefficient (Wildman–Crippen LogP) is 3.03. The van der Waals surface area contributed by atoms with E-state index in [1.54, 1.807) is 12.1 Å². The van der Waals surface area contributed by atoms with Crippen molar-refractivity contribution in [1.29, 1.82) is 0 Å². The number of anilines is 1. The fourth-order valence-corrected chi connectivity index (χ4v) is 2.11. The first-order valence-corrected chi connectivity index (χ1v) is 7.48. The van der Waals surface area contributed by atoms with Gasteiger partial charge in [-0.3, -0.25) is 0 Å². The molecule has 0 saturated heterocycles. The zero-order valence-corrected chi connectivity index (χ0v) is 11.7. The standard InChI is InChI=1S/C13H20N2O2S/c1-10-6-7-11(13(16)17)12(15-10)14-8-4-3-5-9-18-2/h6-7H,3-5,8-9H2,1-2H3,(H,14,15)(H,16,17). The molecule has 1 aromatic rings. The molecule has 0 amide bonds. The van der Waals surface area contributed by atoms with Crippen LogP contribution in [-0.4, -0.2) is 34.6 Å². The molecule has 0 fully saturated rings. The molecular weight excluding hydrogens is 248 g/mol. The average molecular weight is 268 g/mol. The van der Waals surface area contributed by atoms with Gasteiger partial charge in [0.1, 0.15) is 11.4 Å². The molecule has 0 aliphatic heterocycles. The van der Waals surface area contributed by atoms with Crippen molar-refractivity contribution in [2.75, 3.05) is 23.9 Å². The third-order valence-electron chi connectivity index (χ3n) is 2.58. The molecule has 0 bridgehead atoms. The van der Waals surface area contributed by atoms with Crippen LogP contribution in [0, 0.1) is 6.92 Å². The summed E-state index contributed by atoms with van der Waals surface area (Å²) in [5.41, 5.74) is 1.06. The Labute approximate surface area is 112 Å². The molecule has 0 aliphatic rings. The van der Waals surface area contributed by atoms with Crippen LogP contribution in [0.2, 0.25) is 0 Å². The van der Waals surface area contributed by atoms with Gasteiger partial charge in [0.05, 0.1) is 0 Å². The van der Waals surface area contributed by atoms with E-state index in [1.165, 1.54) is 12.2 Å². The smallest absolute Gasteiger partial charge is 0.339 e. The lowest BCUT2D eigenvalue weighted by atomic mass is 10.2. The van der Waals surface area contributed by atoms with Gasteiger partial charge in [0.15, 0.2) is 0 Å². The Balaban J connectivity index is 2.45. The van der Waals surface area contributed by atoms with Crippen LogP contribution in [0.15, 0.2) is 12.1 Å². The van der Waals surface area contributed by atoms with Gasteiger partial charge in [0, 0.05) is 12.2 Å². The monoisotopic (exact) mass is 268 g/mol.